The molecule has 0 bridgehead atoms. The summed E-state index contributed by atoms with van der Waals surface area (Å²) >= 11 is 0. The van der Waals surface area contributed by atoms with Crippen molar-refractivity contribution in [1.82, 2.24) is 19.1 Å². The minimum atomic E-state index is -4.57. The van der Waals surface area contributed by atoms with Crippen LogP contribution in [0.15, 0.2) is 64.8 Å². The lowest BCUT2D eigenvalue weighted by Crippen LogP contribution is -2.38. The van der Waals surface area contributed by atoms with Crippen molar-refractivity contribution in [2.75, 3.05) is 0 Å². The van der Waals surface area contributed by atoms with Gasteiger partial charge < -0.3 is 0 Å². The van der Waals surface area contributed by atoms with Crippen molar-refractivity contribution in [3.05, 3.63) is 87.2 Å². The van der Waals surface area contributed by atoms with E-state index in [1.807, 2.05) is 0 Å². The molecule has 0 saturated carbocycles. The van der Waals surface area contributed by atoms with Crippen LogP contribution in [0.4, 0.5) is 13.2 Å². The van der Waals surface area contributed by atoms with Crippen molar-refractivity contribution in [3.63, 3.8) is 0 Å². The average Bonchev–Trinajstić information content (AvgIpc) is 2.58. The third-order valence-electron chi connectivity index (χ3n) is 3.45. The number of nitrogens with zero attached hydrogens (tertiary/aromatic N) is 4. The Morgan fingerprint density at radius 1 is 1.04 bits per heavy atom. The van der Waals surface area contributed by atoms with Crippen LogP contribution in [0.5, 0.6) is 0 Å². The molecule has 0 amide bonds. The molecule has 2 aromatic heterocycles. The van der Waals surface area contributed by atoms with Gasteiger partial charge in [-0.15, -0.1) is 0 Å². The topological polar surface area (TPSA) is 69.8 Å². The average molecular weight is 348 g/mol. The van der Waals surface area contributed by atoms with Crippen LogP contribution in [0.25, 0.3) is 5.69 Å². The van der Waals surface area contributed by atoms with Gasteiger partial charge in [0.2, 0.25) is 0 Å². The molecule has 2 heterocycles. The third kappa shape index (κ3) is 3.49. The summed E-state index contributed by atoms with van der Waals surface area (Å²) in [7, 11) is 0. The maximum absolute atomic E-state index is 12.9. The van der Waals surface area contributed by atoms with Crippen LogP contribution in [0.2, 0.25) is 0 Å². The van der Waals surface area contributed by atoms with Gasteiger partial charge in [-0.3, -0.25) is 9.36 Å². The lowest BCUT2D eigenvalue weighted by atomic mass is 10.2. The molecule has 0 atom stereocenters. The fourth-order valence-corrected chi connectivity index (χ4v) is 2.30. The molecule has 3 rings (SSSR count). The van der Waals surface area contributed by atoms with Crippen LogP contribution in [0.1, 0.15) is 11.1 Å². The molecule has 9 heteroatoms. The summed E-state index contributed by atoms with van der Waals surface area (Å²) in [5, 5.41) is 0. The highest BCUT2D eigenvalue weighted by atomic mass is 19.4. The van der Waals surface area contributed by atoms with Gasteiger partial charge in [0.15, 0.2) is 0 Å². The number of halogens is 3. The molecule has 6 nitrogen and oxygen atoms in total. The fraction of sp³-hybridized carbons (Fsp3) is 0.125. The van der Waals surface area contributed by atoms with E-state index >= 15 is 0 Å². The standard InChI is InChI=1S/C16H11F3N4O2/c17-16(18,19)12-2-1-3-13(6-12)23-14(24)4-5-22(15(23)25)9-11-7-20-10-21-8-11/h1-8,10H,9H2. The SMILES string of the molecule is O=c1ccn(Cc2cncnc2)c(=O)n1-c1cccc(C(F)(F)F)c1. The predicted octanol–water partition coefficient (Wildman–Crippen LogP) is 1.86. The molecule has 0 unspecified atom stereocenters. The second-order valence-electron chi connectivity index (χ2n) is 5.19. The third-order valence-corrected chi connectivity index (χ3v) is 3.45. The van der Waals surface area contributed by atoms with Crippen molar-refractivity contribution >= 4 is 0 Å². The number of rotatable bonds is 3. The van der Waals surface area contributed by atoms with Gasteiger partial charge in [-0.1, -0.05) is 6.07 Å². The first-order valence-corrected chi connectivity index (χ1v) is 7.10. The summed E-state index contributed by atoms with van der Waals surface area (Å²) in [6.45, 7) is 0.0823. The first kappa shape index (κ1) is 16.6. The highest BCUT2D eigenvalue weighted by Gasteiger charge is 2.30. The van der Waals surface area contributed by atoms with Gasteiger partial charge in [-0.25, -0.2) is 19.3 Å². The van der Waals surface area contributed by atoms with Gasteiger partial charge in [-0.2, -0.15) is 13.2 Å². The lowest BCUT2D eigenvalue weighted by Gasteiger charge is -2.12. The van der Waals surface area contributed by atoms with Crippen LogP contribution in [0, 0.1) is 0 Å². The highest BCUT2D eigenvalue weighted by molar-refractivity contribution is 5.37. The molecule has 0 radical (unpaired) electrons. The molecular formula is C16H11F3N4O2. The zero-order chi connectivity index (χ0) is 18.0. The molecule has 0 saturated heterocycles. The van der Waals surface area contributed by atoms with Crippen molar-refractivity contribution in [2.24, 2.45) is 0 Å². The summed E-state index contributed by atoms with van der Waals surface area (Å²) in [4.78, 5) is 32.3. The number of hydrogen-bond acceptors (Lipinski definition) is 4. The Balaban J connectivity index is 2.10. The molecular weight excluding hydrogens is 337 g/mol. The Hall–Kier alpha value is -3.23. The van der Waals surface area contributed by atoms with Crippen molar-refractivity contribution in [1.29, 1.82) is 0 Å². The Labute approximate surface area is 138 Å². The monoisotopic (exact) mass is 348 g/mol. The van der Waals surface area contributed by atoms with Crippen LogP contribution in [0.3, 0.4) is 0 Å². The summed E-state index contributed by atoms with van der Waals surface area (Å²) in [6.07, 6.45) is 1.03. The molecule has 0 spiro atoms. The van der Waals surface area contributed by atoms with Gasteiger partial charge in [0.1, 0.15) is 6.33 Å². The van der Waals surface area contributed by atoms with Crippen LogP contribution >= 0.6 is 0 Å². The minimum Gasteiger partial charge on any atom is -0.296 e. The van der Waals surface area contributed by atoms with E-state index < -0.39 is 23.0 Å². The Morgan fingerprint density at radius 3 is 2.44 bits per heavy atom. The molecule has 0 aliphatic heterocycles. The minimum absolute atomic E-state index is 0.0823. The maximum atomic E-state index is 12.9. The van der Waals surface area contributed by atoms with E-state index in [4.69, 9.17) is 0 Å². The van der Waals surface area contributed by atoms with E-state index in [1.165, 1.54) is 35.6 Å². The fourth-order valence-electron chi connectivity index (χ4n) is 2.30. The van der Waals surface area contributed by atoms with Gasteiger partial charge in [0, 0.05) is 30.2 Å². The van der Waals surface area contributed by atoms with E-state index in [1.54, 1.807) is 0 Å². The zero-order valence-corrected chi connectivity index (χ0v) is 12.6. The summed E-state index contributed by atoms with van der Waals surface area (Å²) in [5.74, 6) is 0. The molecule has 25 heavy (non-hydrogen) atoms. The van der Waals surface area contributed by atoms with Crippen molar-refractivity contribution in [2.45, 2.75) is 12.7 Å². The molecule has 1 aromatic carbocycles. The Bertz CT molecular complexity index is 1010. The second-order valence-corrected chi connectivity index (χ2v) is 5.19. The summed E-state index contributed by atoms with van der Waals surface area (Å²) in [6, 6.07) is 5.17. The number of benzene rings is 1. The maximum Gasteiger partial charge on any atom is 0.416 e. The Morgan fingerprint density at radius 2 is 1.76 bits per heavy atom. The number of alkyl halides is 3. The predicted molar refractivity (Wildman–Crippen MR) is 82.4 cm³/mol. The van der Waals surface area contributed by atoms with Gasteiger partial charge in [-0.05, 0) is 18.2 Å². The van der Waals surface area contributed by atoms with Gasteiger partial charge >= 0.3 is 11.9 Å². The first-order valence-electron chi connectivity index (χ1n) is 7.10. The first-order chi connectivity index (χ1) is 11.9. The summed E-state index contributed by atoms with van der Waals surface area (Å²) in [5.41, 5.74) is -1.95. The van der Waals surface area contributed by atoms with E-state index in [9.17, 15) is 22.8 Å². The normalized spacial score (nSPS) is 11.5. The molecule has 0 aliphatic rings. The molecule has 3 aromatic rings. The van der Waals surface area contributed by atoms with E-state index in [0.29, 0.717) is 10.1 Å². The Kier molecular flexibility index (Phi) is 4.22. The highest BCUT2D eigenvalue weighted by Crippen LogP contribution is 2.29. The second kappa shape index (κ2) is 6.34. The molecule has 0 fully saturated rings. The van der Waals surface area contributed by atoms with Crippen LogP contribution < -0.4 is 11.2 Å². The van der Waals surface area contributed by atoms with E-state index in [-0.39, 0.29) is 12.2 Å². The van der Waals surface area contributed by atoms with Crippen molar-refractivity contribution in [3.8, 4) is 5.69 Å². The number of hydrogen-bond donors (Lipinski definition) is 0. The quantitative estimate of drug-likeness (QED) is 0.724. The van der Waals surface area contributed by atoms with Crippen molar-refractivity contribution < 1.29 is 13.2 Å². The molecule has 128 valence electrons. The summed E-state index contributed by atoms with van der Waals surface area (Å²) < 4.78 is 40.5. The molecule has 0 aliphatic carbocycles. The lowest BCUT2D eigenvalue weighted by molar-refractivity contribution is -0.137. The largest absolute Gasteiger partial charge is 0.416 e. The molecule has 0 N–H and O–H groups in total. The number of aromatic nitrogens is 4. The van der Waals surface area contributed by atoms with Crippen LogP contribution in [-0.2, 0) is 12.7 Å². The smallest absolute Gasteiger partial charge is 0.296 e. The van der Waals surface area contributed by atoms with Gasteiger partial charge in [0.25, 0.3) is 5.56 Å². The van der Waals surface area contributed by atoms with E-state index in [0.717, 1.165) is 24.3 Å². The van der Waals surface area contributed by atoms with Gasteiger partial charge in [0.05, 0.1) is 17.8 Å². The van der Waals surface area contributed by atoms with E-state index in [2.05, 4.69) is 9.97 Å². The van der Waals surface area contributed by atoms with Crippen LogP contribution in [-0.4, -0.2) is 19.1 Å². The zero-order valence-electron chi connectivity index (χ0n) is 12.6.